The van der Waals surface area contributed by atoms with Gasteiger partial charge in [0, 0.05) is 13.1 Å². The minimum Gasteiger partial charge on any atom is -0.493 e. The molecule has 0 unspecified atom stereocenters. The van der Waals surface area contributed by atoms with Gasteiger partial charge in [-0.3, -0.25) is 0 Å². The van der Waals surface area contributed by atoms with Crippen molar-refractivity contribution in [2.24, 2.45) is 0 Å². The summed E-state index contributed by atoms with van der Waals surface area (Å²) < 4.78 is 10.5. The Morgan fingerprint density at radius 2 is 1.40 bits per heavy atom. The summed E-state index contributed by atoms with van der Waals surface area (Å²) in [6.07, 6.45) is 1.55. The topological polar surface area (TPSA) is 59.6 Å². The highest BCUT2D eigenvalue weighted by atomic mass is 16.5. The Hall–Kier alpha value is -2.69. The molecule has 0 bridgehead atoms. The van der Waals surface area contributed by atoms with Gasteiger partial charge in [-0.2, -0.15) is 0 Å². The summed E-state index contributed by atoms with van der Waals surface area (Å²) >= 11 is 0. The molecule has 0 aromatic heterocycles. The summed E-state index contributed by atoms with van der Waals surface area (Å²) in [5, 5.41) is 5.75. The van der Waals surface area contributed by atoms with E-state index in [1.54, 1.807) is 14.2 Å². The van der Waals surface area contributed by atoms with Gasteiger partial charge in [-0.25, -0.2) is 4.79 Å². The van der Waals surface area contributed by atoms with E-state index in [9.17, 15) is 4.79 Å². The van der Waals surface area contributed by atoms with Crippen molar-refractivity contribution in [2.45, 2.75) is 19.8 Å². The molecule has 0 aliphatic rings. The number of amides is 2. The molecule has 2 amide bonds. The van der Waals surface area contributed by atoms with E-state index in [0.29, 0.717) is 24.6 Å². The van der Waals surface area contributed by atoms with Crippen molar-refractivity contribution in [3.63, 3.8) is 0 Å². The lowest BCUT2D eigenvalue weighted by Gasteiger charge is -2.10. The molecule has 5 nitrogen and oxygen atoms in total. The predicted molar refractivity (Wildman–Crippen MR) is 99.5 cm³/mol. The summed E-state index contributed by atoms with van der Waals surface area (Å²) in [5.74, 6) is 1.40. The first-order valence-electron chi connectivity index (χ1n) is 8.40. The quantitative estimate of drug-likeness (QED) is 0.775. The largest absolute Gasteiger partial charge is 0.493 e. The van der Waals surface area contributed by atoms with Crippen LogP contribution in [0.2, 0.25) is 0 Å². The number of ether oxygens (including phenoxy) is 2. The maximum absolute atomic E-state index is 11.8. The molecule has 134 valence electrons. The highest BCUT2D eigenvalue weighted by molar-refractivity contribution is 5.73. The third-order valence-electron chi connectivity index (χ3n) is 3.97. The van der Waals surface area contributed by atoms with Crippen molar-refractivity contribution < 1.29 is 14.3 Å². The lowest BCUT2D eigenvalue weighted by Crippen LogP contribution is -2.37. The first-order valence-corrected chi connectivity index (χ1v) is 8.40. The van der Waals surface area contributed by atoms with Crippen LogP contribution in [0.25, 0.3) is 0 Å². The van der Waals surface area contributed by atoms with Crippen LogP contribution < -0.4 is 20.1 Å². The smallest absolute Gasteiger partial charge is 0.314 e. The molecule has 2 N–H and O–H groups in total. The standard InChI is InChI=1S/C20H26N2O3/c1-15-4-6-16(7-5-15)10-12-21-20(23)22-13-11-17-8-9-18(24-2)19(14-17)25-3/h4-9,14H,10-13H2,1-3H3,(H2,21,22,23). The van der Waals surface area contributed by atoms with E-state index in [2.05, 4.69) is 41.8 Å². The van der Waals surface area contributed by atoms with Crippen LogP contribution in [0.3, 0.4) is 0 Å². The van der Waals surface area contributed by atoms with Crippen LogP contribution in [0.15, 0.2) is 42.5 Å². The molecule has 0 saturated carbocycles. The third kappa shape index (κ3) is 6.03. The Labute approximate surface area is 149 Å². The number of nitrogens with one attached hydrogen (secondary N) is 2. The van der Waals surface area contributed by atoms with Crippen molar-refractivity contribution in [1.29, 1.82) is 0 Å². The molecule has 2 rings (SSSR count). The van der Waals surface area contributed by atoms with E-state index >= 15 is 0 Å². The predicted octanol–water partition coefficient (Wildman–Crippen LogP) is 3.10. The molecule has 5 heteroatoms. The summed E-state index contributed by atoms with van der Waals surface area (Å²) in [7, 11) is 3.22. The molecule has 2 aromatic rings. The van der Waals surface area contributed by atoms with Gasteiger partial charge in [0.15, 0.2) is 11.5 Å². The van der Waals surface area contributed by atoms with Crippen LogP contribution in [0.5, 0.6) is 11.5 Å². The maximum Gasteiger partial charge on any atom is 0.314 e. The van der Waals surface area contributed by atoms with Crippen LogP contribution in [0, 0.1) is 6.92 Å². The Bertz CT molecular complexity index is 684. The summed E-state index contributed by atoms with van der Waals surface area (Å²) in [4.78, 5) is 11.8. The van der Waals surface area contributed by atoms with Crippen molar-refractivity contribution in [3.8, 4) is 11.5 Å². The van der Waals surface area contributed by atoms with Gasteiger partial charge in [0.25, 0.3) is 0 Å². The monoisotopic (exact) mass is 342 g/mol. The van der Waals surface area contributed by atoms with Crippen LogP contribution in [0.1, 0.15) is 16.7 Å². The first-order chi connectivity index (χ1) is 12.1. The SMILES string of the molecule is COc1ccc(CCNC(=O)NCCc2ccc(C)cc2)cc1OC. The second-order valence-electron chi connectivity index (χ2n) is 5.86. The van der Waals surface area contributed by atoms with Crippen LogP contribution in [-0.2, 0) is 12.8 Å². The van der Waals surface area contributed by atoms with Crippen molar-refractivity contribution in [2.75, 3.05) is 27.3 Å². The zero-order chi connectivity index (χ0) is 18.1. The molecule has 0 heterocycles. The van der Waals surface area contributed by atoms with Gasteiger partial charge in [-0.15, -0.1) is 0 Å². The molecule has 0 radical (unpaired) electrons. The molecule has 0 fully saturated rings. The van der Waals surface area contributed by atoms with Gasteiger partial charge in [-0.1, -0.05) is 35.9 Å². The molecular formula is C20H26N2O3. The zero-order valence-electron chi connectivity index (χ0n) is 15.1. The van der Waals surface area contributed by atoms with E-state index in [-0.39, 0.29) is 6.03 Å². The lowest BCUT2D eigenvalue weighted by atomic mass is 10.1. The van der Waals surface area contributed by atoms with Crippen molar-refractivity contribution in [1.82, 2.24) is 10.6 Å². The number of hydrogen-bond donors (Lipinski definition) is 2. The van der Waals surface area contributed by atoms with Crippen LogP contribution >= 0.6 is 0 Å². The number of rotatable bonds is 8. The van der Waals surface area contributed by atoms with Crippen LogP contribution in [0.4, 0.5) is 4.79 Å². The van der Waals surface area contributed by atoms with Gasteiger partial charge in [-0.05, 0) is 43.0 Å². The minimum absolute atomic E-state index is 0.146. The molecule has 0 atom stereocenters. The summed E-state index contributed by atoms with van der Waals surface area (Å²) in [6, 6.07) is 14.0. The van der Waals surface area contributed by atoms with E-state index in [0.717, 1.165) is 18.4 Å². The maximum atomic E-state index is 11.8. The van der Waals surface area contributed by atoms with Gasteiger partial charge in [0.2, 0.25) is 0 Å². The van der Waals surface area contributed by atoms with E-state index in [1.807, 2.05) is 18.2 Å². The minimum atomic E-state index is -0.146. The Balaban J connectivity index is 1.69. The first kappa shape index (κ1) is 18.6. The molecular weight excluding hydrogens is 316 g/mol. The van der Waals surface area contributed by atoms with Crippen LogP contribution in [-0.4, -0.2) is 33.3 Å². The molecule has 25 heavy (non-hydrogen) atoms. The molecule has 0 spiro atoms. The third-order valence-corrected chi connectivity index (χ3v) is 3.97. The lowest BCUT2D eigenvalue weighted by molar-refractivity contribution is 0.241. The van der Waals surface area contributed by atoms with Crippen molar-refractivity contribution in [3.05, 3.63) is 59.2 Å². The number of methoxy groups -OCH3 is 2. The summed E-state index contributed by atoms with van der Waals surface area (Å²) in [6.45, 7) is 3.24. The van der Waals surface area contributed by atoms with Gasteiger partial charge >= 0.3 is 6.03 Å². The van der Waals surface area contributed by atoms with Crippen molar-refractivity contribution >= 4 is 6.03 Å². The Kier molecular flexibility index (Phi) is 7.14. The second-order valence-corrected chi connectivity index (χ2v) is 5.86. The number of carbonyl (C=O) groups excluding carboxylic acids is 1. The normalized spacial score (nSPS) is 10.2. The highest BCUT2D eigenvalue weighted by Crippen LogP contribution is 2.27. The molecule has 0 aliphatic heterocycles. The molecule has 0 saturated heterocycles. The number of carbonyl (C=O) groups is 1. The van der Waals surface area contributed by atoms with E-state index < -0.39 is 0 Å². The number of hydrogen-bond acceptors (Lipinski definition) is 3. The second kappa shape index (κ2) is 9.57. The fraction of sp³-hybridized carbons (Fsp3) is 0.350. The number of urea groups is 1. The molecule has 0 aliphatic carbocycles. The number of benzene rings is 2. The van der Waals surface area contributed by atoms with Gasteiger partial charge < -0.3 is 20.1 Å². The summed E-state index contributed by atoms with van der Waals surface area (Å²) in [5.41, 5.74) is 3.54. The average molecular weight is 342 g/mol. The van der Waals surface area contributed by atoms with E-state index in [1.165, 1.54) is 11.1 Å². The molecule has 2 aromatic carbocycles. The number of aryl methyl sites for hydroxylation is 1. The van der Waals surface area contributed by atoms with E-state index in [4.69, 9.17) is 9.47 Å². The van der Waals surface area contributed by atoms with Gasteiger partial charge in [0.05, 0.1) is 14.2 Å². The van der Waals surface area contributed by atoms with Gasteiger partial charge in [0.1, 0.15) is 0 Å². The average Bonchev–Trinajstić information content (AvgIpc) is 2.63. The Morgan fingerprint density at radius 3 is 2.00 bits per heavy atom. The fourth-order valence-corrected chi connectivity index (χ4v) is 2.49. The Morgan fingerprint density at radius 1 is 0.840 bits per heavy atom. The zero-order valence-corrected chi connectivity index (χ0v) is 15.1. The fourth-order valence-electron chi connectivity index (χ4n) is 2.49. The highest BCUT2D eigenvalue weighted by Gasteiger charge is 2.05.